The van der Waals surface area contributed by atoms with E-state index in [1.807, 2.05) is 0 Å². The van der Waals surface area contributed by atoms with Crippen molar-refractivity contribution in [2.45, 2.75) is 25.8 Å². The highest BCUT2D eigenvalue weighted by Crippen LogP contribution is 2.30. The Balaban J connectivity index is 2.08. The van der Waals surface area contributed by atoms with Crippen LogP contribution in [0.15, 0.2) is 24.3 Å². The average molecular weight is 280 g/mol. The van der Waals surface area contributed by atoms with E-state index in [0.29, 0.717) is 31.6 Å². The molecule has 0 aliphatic carbocycles. The van der Waals surface area contributed by atoms with E-state index in [9.17, 15) is 9.18 Å². The number of ether oxygens (including phenoxy) is 1. The van der Waals surface area contributed by atoms with Crippen molar-refractivity contribution in [1.82, 2.24) is 5.32 Å². The van der Waals surface area contributed by atoms with Crippen LogP contribution in [0, 0.1) is 11.2 Å². The van der Waals surface area contributed by atoms with E-state index >= 15 is 0 Å². The Hall–Kier alpha value is -1.46. The number of hydrogen-bond acceptors (Lipinski definition) is 3. The first-order chi connectivity index (χ1) is 9.59. The molecule has 1 aliphatic rings. The summed E-state index contributed by atoms with van der Waals surface area (Å²) in [6.45, 7) is 3.14. The lowest BCUT2D eigenvalue weighted by Crippen LogP contribution is -2.49. The van der Waals surface area contributed by atoms with Crippen LogP contribution in [0.5, 0.6) is 0 Å². The first-order valence-electron chi connectivity index (χ1n) is 6.92. The lowest BCUT2D eigenvalue weighted by molar-refractivity contribution is -0.136. The fraction of sp³-hybridized carbons (Fsp3) is 0.533. The third kappa shape index (κ3) is 2.99. The van der Waals surface area contributed by atoms with E-state index in [2.05, 4.69) is 5.32 Å². The molecule has 1 amide bonds. The van der Waals surface area contributed by atoms with Gasteiger partial charge in [0, 0.05) is 25.3 Å². The first-order valence-corrected chi connectivity index (χ1v) is 6.92. The molecular formula is C15H21FN2O2. The van der Waals surface area contributed by atoms with Crippen molar-refractivity contribution in [3.63, 3.8) is 0 Å². The summed E-state index contributed by atoms with van der Waals surface area (Å²) in [6, 6.07) is 6.08. The van der Waals surface area contributed by atoms with Crippen molar-refractivity contribution in [2.24, 2.45) is 11.1 Å². The summed E-state index contributed by atoms with van der Waals surface area (Å²) in [5.74, 6) is -0.423. The van der Waals surface area contributed by atoms with Crippen LogP contribution in [0.4, 0.5) is 4.39 Å². The minimum atomic E-state index is -0.586. The van der Waals surface area contributed by atoms with E-state index in [1.165, 1.54) is 6.07 Å². The number of carbonyl (C=O) groups excluding carboxylic acids is 1. The summed E-state index contributed by atoms with van der Waals surface area (Å²) >= 11 is 0. The van der Waals surface area contributed by atoms with E-state index in [0.717, 1.165) is 0 Å². The van der Waals surface area contributed by atoms with Gasteiger partial charge in [0.1, 0.15) is 5.82 Å². The summed E-state index contributed by atoms with van der Waals surface area (Å²) in [7, 11) is 0. The predicted octanol–water partition coefficient (Wildman–Crippen LogP) is 1.76. The molecule has 4 nitrogen and oxygen atoms in total. The van der Waals surface area contributed by atoms with Gasteiger partial charge in [0.25, 0.3) is 0 Å². The minimum Gasteiger partial charge on any atom is -0.381 e. The quantitative estimate of drug-likeness (QED) is 0.883. The largest absolute Gasteiger partial charge is 0.381 e. The molecule has 1 fully saturated rings. The number of nitrogens with one attached hydrogen (secondary N) is 1. The van der Waals surface area contributed by atoms with Gasteiger partial charge in [0.15, 0.2) is 0 Å². The summed E-state index contributed by atoms with van der Waals surface area (Å²) in [4.78, 5) is 12.5. The summed E-state index contributed by atoms with van der Waals surface area (Å²) in [6.07, 6.45) is 1.22. The van der Waals surface area contributed by atoms with Gasteiger partial charge in [0.2, 0.25) is 5.91 Å². The topological polar surface area (TPSA) is 64.4 Å². The molecule has 5 heteroatoms. The first kappa shape index (κ1) is 14.9. The summed E-state index contributed by atoms with van der Waals surface area (Å²) in [5, 5.41) is 2.88. The molecule has 110 valence electrons. The zero-order valence-corrected chi connectivity index (χ0v) is 11.7. The number of nitrogens with two attached hydrogens (primary N) is 1. The maximum atomic E-state index is 13.7. The average Bonchev–Trinajstić information content (AvgIpc) is 2.48. The van der Waals surface area contributed by atoms with Crippen molar-refractivity contribution in [1.29, 1.82) is 0 Å². The van der Waals surface area contributed by atoms with Crippen LogP contribution in [0.25, 0.3) is 0 Å². The number of carbonyl (C=O) groups is 1. The fourth-order valence-electron chi connectivity index (χ4n) is 2.54. The monoisotopic (exact) mass is 280 g/mol. The number of halogens is 1. The van der Waals surface area contributed by atoms with E-state index < -0.39 is 5.41 Å². The molecule has 1 aromatic rings. The molecule has 1 heterocycles. The Morgan fingerprint density at radius 3 is 2.70 bits per heavy atom. The van der Waals surface area contributed by atoms with Crippen LogP contribution in [0.3, 0.4) is 0 Å². The number of benzene rings is 1. The molecule has 0 radical (unpaired) electrons. The highest BCUT2D eigenvalue weighted by Gasteiger charge is 2.39. The number of hydrogen-bond donors (Lipinski definition) is 2. The molecule has 0 bridgehead atoms. The smallest absolute Gasteiger partial charge is 0.228 e. The fourth-order valence-corrected chi connectivity index (χ4v) is 2.54. The second-order valence-corrected chi connectivity index (χ2v) is 5.31. The molecule has 2 rings (SSSR count). The molecule has 0 aromatic heterocycles. The van der Waals surface area contributed by atoms with Gasteiger partial charge in [-0.15, -0.1) is 0 Å². The molecule has 20 heavy (non-hydrogen) atoms. The second kappa shape index (κ2) is 6.33. The zero-order valence-electron chi connectivity index (χ0n) is 11.7. The Morgan fingerprint density at radius 2 is 2.10 bits per heavy atom. The van der Waals surface area contributed by atoms with E-state index in [-0.39, 0.29) is 24.3 Å². The molecule has 0 spiro atoms. The van der Waals surface area contributed by atoms with Crippen LogP contribution in [0.1, 0.15) is 31.4 Å². The van der Waals surface area contributed by atoms with Gasteiger partial charge < -0.3 is 15.8 Å². The van der Waals surface area contributed by atoms with Crippen LogP contribution in [-0.4, -0.2) is 25.7 Å². The van der Waals surface area contributed by atoms with Gasteiger partial charge in [-0.3, -0.25) is 4.79 Å². The SMILES string of the molecule is CC(NC(=O)C1(CN)CCOCC1)c1ccccc1F. The lowest BCUT2D eigenvalue weighted by atomic mass is 9.79. The van der Waals surface area contributed by atoms with Crippen molar-refractivity contribution >= 4 is 5.91 Å². The third-order valence-electron chi connectivity index (χ3n) is 4.04. The van der Waals surface area contributed by atoms with Gasteiger partial charge in [-0.2, -0.15) is 0 Å². The summed E-state index contributed by atoms with van der Waals surface area (Å²) < 4.78 is 19.0. The number of rotatable bonds is 4. The summed E-state index contributed by atoms with van der Waals surface area (Å²) in [5.41, 5.74) is 5.69. The molecule has 1 unspecified atom stereocenters. The van der Waals surface area contributed by atoms with Crippen LogP contribution >= 0.6 is 0 Å². The molecule has 0 saturated carbocycles. The van der Waals surface area contributed by atoms with Crippen LogP contribution < -0.4 is 11.1 Å². The van der Waals surface area contributed by atoms with Crippen LogP contribution in [-0.2, 0) is 9.53 Å². The molecule has 1 saturated heterocycles. The Labute approximate surface area is 118 Å². The van der Waals surface area contributed by atoms with Crippen molar-refractivity contribution in [2.75, 3.05) is 19.8 Å². The lowest BCUT2D eigenvalue weighted by Gasteiger charge is -2.35. The second-order valence-electron chi connectivity index (χ2n) is 5.31. The normalized spacial score (nSPS) is 19.4. The van der Waals surface area contributed by atoms with E-state index in [1.54, 1.807) is 25.1 Å². The number of amides is 1. The van der Waals surface area contributed by atoms with E-state index in [4.69, 9.17) is 10.5 Å². The highest BCUT2D eigenvalue weighted by molar-refractivity contribution is 5.83. The standard InChI is InChI=1S/C15H21FN2O2/c1-11(12-4-2-3-5-13(12)16)18-14(19)15(10-17)6-8-20-9-7-15/h2-5,11H,6-10,17H2,1H3,(H,18,19). The molecule has 3 N–H and O–H groups in total. The zero-order chi connectivity index (χ0) is 14.6. The van der Waals surface area contributed by atoms with Crippen molar-refractivity contribution < 1.29 is 13.9 Å². The Bertz CT molecular complexity index is 473. The van der Waals surface area contributed by atoms with Gasteiger partial charge in [0.05, 0.1) is 11.5 Å². The van der Waals surface area contributed by atoms with Gasteiger partial charge in [-0.25, -0.2) is 4.39 Å². The molecule has 1 aromatic carbocycles. The van der Waals surface area contributed by atoms with Crippen LogP contribution in [0.2, 0.25) is 0 Å². The third-order valence-corrected chi connectivity index (χ3v) is 4.04. The molecule has 1 atom stereocenters. The Morgan fingerprint density at radius 1 is 1.45 bits per heavy atom. The predicted molar refractivity (Wildman–Crippen MR) is 74.5 cm³/mol. The maximum absolute atomic E-state index is 13.7. The maximum Gasteiger partial charge on any atom is 0.228 e. The minimum absolute atomic E-state index is 0.112. The van der Waals surface area contributed by atoms with Gasteiger partial charge in [-0.05, 0) is 25.8 Å². The van der Waals surface area contributed by atoms with Gasteiger partial charge >= 0.3 is 0 Å². The molecule has 1 aliphatic heterocycles. The van der Waals surface area contributed by atoms with Crippen molar-refractivity contribution in [3.8, 4) is 0 Å². The van der Waals surface area contributed by atoms with Gasteiger partial charge in [-0.1, -0.05) is 18.2 Å². The Kier molecular flexibility index (Phi) is 4.73. The molecular weight excluding hydrogens is 259 g/mol. The van der Waals surface area contributed by atoms with Crippen molar-refractivity contribution in [3.05, 3.63) is 35.6 Å². The highest BCUT2D eigenvalue weighted by atomic mass is 19.1.